The van der Waals surface area contributed by atoms with Gasteiger partial charge in [0.15, 0.2) is 0 Å². The average molecular weight is 424 g/mol. The summed E-state index contributed by atoms with van der Waals surface area (Å²) in [6.45, 7) is 5.46. The van der Waals surface area contributed by atoms with Gasteiger partial charge in [-0.05, 0) is 43.9 Å². The highest BCUT2D eigenvalue weighted by atomic mass is 35.5. The van der Waals surface area contributed by atoms with Gasteiger partial charge in [0.05, 0.1) is 11.3 Å². The zero-order chi connectivity index (χ0) is 20.6. The topological polar surface area (TPSA) is 84.2 Å². The minimum atomic E-state index is -0.726. The predicted octanol–water partition coefficient (Wildman–Crippen LogP) is 3.37. The third kappa shape index (κ3) is 4.57. The van der Waals surface area contributed by atoms with Gasteiger partial charge in [0.1, 0.15) is 6.54 Å². The van der Waals surface area contributed by atoms with Crippen LogP contribution in [0.5, 0.6) is 0 Å². The number of halogens is 2. The molecular weight excluding hydrogens is 401 g/mol. The van der Waals surface area contributed by atoms with E-state index in [9.17, 15) is 14.7 Å². The summed E-state index contributed by atoms with van der Waals surface area (Å²) in [4.78, 5) is 24.9. The second-order valence-electron chi connectivity index (χ2n) is 7.89. The van der Waals surface area contributed by atoms with Gasteiger partial charge in [0, 0.05) is 33.3 Å². The summed E-state index contributed by atoms with van der Waals surface area (Å²) in [6, 6.07) is 6.43. The Balaban J connectivity index is 1.88. The van der Waals surface area contributed by atoms with Crippen molar-refractivity contribution in [1.82, 2.24) is 15.1 Å². The molecule has 1 aromatic carbocycles. The van der Waals surface area contributed by atoms with E-state index in [1.54, 1.807) is 25.1 Å². The molecule has 6 nitrogen and oxygen atoms in total. The molecule has 1 saturated carbocycles. The third-order valence-electron chi connectivity index (χ3n) is 4.82. The van der Waals surface area contributed by atoms with E-state index in [0.29, 0.717) is 39.7 Å². The molecule has 2 aromatic rings. The van der Waals surface area contributed by atoms with E-state index in [1.165, 1.54) is 6.07 Å². The Morgan fingerprint density at radius 1 is 1.32 bits per heavy atom. The van der Waals surface area contributed by atoms with E-state index in [-0.39, 0.29) is 24.4 Å². The number of carbonyl (C=O) groups is 1. The van der Waals surface area contributed by atoms with Crippen LogP contribution in [0.3, 0.4) is 0 Å². The smallest absolute Gasteiger partial charge is 0.267 e. The normalized spacial score (nSPS) is 21.5. The highest BCUT2D eigenvalue weighted by molar-refractivity contribution is 6.35. The monoisotopic (exact) mass is 423 g/mol. The van der Waals surface area contributed by atoms with Crippen LogP contribution in [0.1, 0.15) is 45.2 Å². The summed E-state index contributed by atoms with van der Waals surface area (Å²) in [5.74, 6) is -0.306. The number of rotatable bonds is 5. The molecule has 1 aliphatic carbocycles. The Hall–Kier alpha value is -1.89. The maximum absolute atomic E-state index is 12.6. The van der Waals surface area contributed by atoms with Crippen molar-refractivity contribution in [2.45, 2.75) is 57.7 Å². The summed E-state index contributed by atoms with van der Waals surface area (Å²) >= 11 is 12.4. The van der Waals surface area contributed by atoms with E-state index in [4.69, 9.17) is 23.2 Å². The van der Waals surface area contributed by atoms with E-state index in [2.05, 4.69) is 10.4 Å². The van der Waals surface area contributed by atoms with Gasteiger partial charge in [-0.25, -0.2) is 4.68 Å². The van der Waals surface area contributed by atoms with E-state index < -0.39 is 11.2 Å². The van der Waals surface area contributed by atoms with Crippen molar-refractivity contribution in [1.29, 1.82) is 0 Å². The maximum Gasteiger partial charge on any atom is 0.267 e. The fourth-order valence-corrected chi connectivity index (χ4v) is 3.87. The highest BCUT2D eigenvalue weighted by Crippen LogP contribution is 2.34. The largest absolute Gasteiger partial charge is 0.390 e. The fraction of sp³-hybridized carbons (Fsp3) is 0.450. The molecule has 150 valence electrons. The molecular formula is C20H23Cl2N3O3. The number of hydrogen-bond donors (Lipinski definition) is 2. The number of aromatic nitrogens is 2. The van der Waals surface area contributed by atoms with Gasteiger partial charge in [-0.3, -0.25) is 9.59 Å². The number of benzene rings is 1. The van der Waals surface area contributed by atoms with Gasteiger partial charge in [0.2, 0.25) is 5.91 Å². The van der Waals surface area contributed by atoms with E-state index >= 15 is 0 Å². The summed E-state index contributed by atoms with van der Waals surface area (Å²) in [5.41, 5.74) is 0.778. The number of hydrogen-bond acceptors (Lipinski definition) is 4. The molecule has 1 heterocycles. The molecule has 3 rings (SSSR count). The van der Waals surface area contributed by atoms with Crippen molar-refractivity contribution >= 4 is 29.1 Å². The first-order chi connectivity index (χ1) is 13.1. The summed E-state index contributed by atoms with van der Waals surface area (Å²) in [5, 5.41) is 18.0. The molecule has 0 radical (unpaired) electrons. The zero-order valence-corrected chi connectivity index (χ0v) is 17.5. The standard InChI is InChI=1S/C20H23Cl2N3O3/c1-11(2)19-15(14-6-12(21)4-5-16(14)22)7-18(27)25(24-19)10-17(26)23-13-8-20(3,28)9-13/h4-7,11,13,28H,8-10H2,1-3H3,(H,23,26)/t13-,20+. The van der Waals surface area contributed by atoms with Crippen molar-refractivity contribution in [3.05, 3.63) is 50.4 Å². The molecule has 1 fully saturated rings. The first-order valence-electron chi connectivity index (χ1n) is 9.15. The maximum atomic E-state index is 12.6. The minimum Gasteiger partial charge on any atom is -0.390 e. The van der Waals surface area contributed by atoms with Crippen LogP contribution in [-0.2, 0) is 11.3 Å². The van der Waals surface area contributed by atoms with Crippen LogP contribution >= 0.6 is 23.2 Å². The molecule has 28 heavy (non-hydrogen) atoms. The SMILES string of the molecule is CC(C)c1nn(CC(=O)N[C@H]2C[C@@](C)(O)C2)c(=O)cc1-c1cc(Cl)ccc1Cl. The van der Waals surface area contributed by atoms with Crippen molar-refractivity contribution in [3.8, 4) is 11.1 Å². The number of aliphatic hydroxyl groups is 1. The van der Waals surface area contributed by atoms with Crippen molar-refractivity contribution < 1.29 is 9.90 Å². The summed E-state index contributed by atoms with van der Waals surface area (Å²) in [6.07, 6.45) is 1.01. The lowest BCUT2D eigenvalue weighted by molar-refractivity contribution is -0.125. The zero-order valence-electron chi connectivity index (χ0n) is 16.0. The minimum absolute atomic E-state index is 0.00156. The van der Waals surface area contributed by atoms with Crippen LogP contribution in [0.4, 0.5) is 0 Å². The number of amides is 1. The third-order valence-corrected chi connectivity index (χ3v) is 5.39. The molecule has 1 aliphatic rings. The van der Waals surface area contributed by atoms with Crippen molar-refractivity contribution in [3.63, 3.8) is 0 Å². The van der Waals surface area contributed by atoms with E-state index in [0.717, 1.165) is 4.68 Å². The van der Waals surface area contributed by atoms with Gasteiger partial charge >= 0.3 is 0 Å². The number of nitrogens with one attached hydrogen (secondary N) is 1. The molecule has 8 heteroatoms. The van der Waals surface area contributed by atoms with Crippen LogP contribution < -0.4 is 10.9 Å². The molecule has 0 atom stereocenters. The molecule has 0 aliphatic heterocycles. The first kappa shape index (κ1) is 20.8. The second kappa shape index (κ2) is 7.85. The van der Waals surface area contributed by atoms with Crippen molar-refractivity contribution in [2.24, 2.45) is 0 Å². The van der Waals surface area contributed by atoms with Gasteiger partial charge in [-0.2, -0.15) is 5.10 Å². The second-order valence-corrected chi connectivity index (χ2v) is 8.73. The van der Waals surface area contributed by atoms with Gasteiger partial charge < -0.3 is 10.4 Å². The Morgan fingerprint density at radius 2 is 2.00 bits per heavy atom. The predicted molar refractivity (Wildman–Crippen MR) is 110 cm³/mol. The highest BCUT2D eigenvalue weighted by Gasteiger charge is 2.39. The van der Waals surface area contributed by atoms with Gasteiger partial charge in [-0.1, -0.05) is 37.0 Å². The van der Waals surface area contributed by atoms with Crippen LogP contribution in [0.15, 0.2) is 29.1 Å². The Kier molecular flexibility index (Phi) is 5.84. The van der Waals surface area contributed by atoms with E-state index in [1.807, 2.05) is 13.8 Å². The van der Waals surface area contributed by atoms with Crippen LogP contribution in [-0.4, -0.2) is 32.4 Å². The van der Waals surface area contributed by atoms with Gasteiger partial charge in [0.25, 0.3) is 5.56 Å². The van der Waals surface area contributed by atoms with Crippen molar-refractivity contribution in [2.75, 3.05) is 0 Å². The fourth-order valence-electron chi connectivity index (χ4n) is 3.48. The number of nitrogens with zero attached hydrogens (tertiary/aromatic N) is 2. The Bertz CT molecular complexity index is 962. The summed E-state index contributed by atoms with van der Waals surface area (Å²) < 4.78 is 1.16. The number of carbonyl (C=O) groups excluding carboxylic acids is 1. The molecule has 2 N–H and O–H groups in total. The molecule has 0 saturated heterocycles. The lowest BCUT2D eigenvalue weighted by atomic mass is 9.77. The quantitative estimate of drug-likeness (QED) is 0.771. The molecule has 0 bridgehead atoms. The Labute approximate surface area is 173 Å². The lowest BCUT2D eigenvalue weighted by Crippen LogP contribution is -2.54. The van der Waals surface area contributed by atoms with Crippen LogP contribution in [0.2, 0.25) is 10.0 Å². The molecule has 0 unspecified atom stereocenters. The molecule has 0 spiro atoms. The van der Waals surface area contributed by atoms with Gasteiger partial charge in [-0.15, -0.1) is 0 Å². The van der Waals surface area contributed by atoms with Crippen LogP contribution in [0, 0.1) is 0 Å². The first-order valence-corrected chi connectivity index (χ1v) is 9.90. The van der Waals surface area contributed by atoms with Crippen LogP contribution in [0.25, 0.3) is 11.1 Å². The molecule has 1 aromatic heterocycles. The summed E-state index contributed by atoms with van der Waals surface area (Å²) in [7, 11) is 0. The molecule has 1 amide bonds. The Morgan fingerprint density at radius 3 is 2.61 bits per heavy atom. The lowest BCUT2D eigenvalue weighted by Gasteiger charge is -2.41. The average Bonchev–Trinajstić information content (AvgIpc) is 2.56.